The number of halogens is 2. The zero-order valence-electron chi connectivity index (χ0n) is 13.5. The Balaban J connectivity index is 0.00000156. The van der Waals surface area contributed by atoms with E-state index < -0.39 is 0 Å². The Morgan fingerprint density at radius 2 is 1.96 bits per heavy atom. The van der Waals surface area contributed by atoms with Gasteiger partial charge >= 0.3 is 0 Å². The minimum Gasteiger partial charge on any atom is -0.351 e. The van der Waals surface area contributed by atoms with E-state index in [1.165, 1.54) is 11.3 Å². The fourth-order valence-electron chi connectivity index (χ4n) is 2.05. The second kappa shape index (κ2) is 9.94. The second-order valence-corrected chi connectivity index (χ2v) is 7.37. The lowest BCUT2D eigenvalue weighted by Crippen LogP contribution is -2.28. The average Bonchev–Trinajstić information content (AvgIpc) is 3.06. The number of carbonyl (C=O) groups is 1. The van der Waals surface area contributed by atoms with Crippen molar-refractivity contribution in [1.29, 1.82) is 0 Å². The fraction of sp³-hybridized carbons (Fsp3) is 0.250. The molecule has 4 N–H and O–H groups in total. The van der Waals surface area contributed by atoms with Gasteiger partial charge in [0.25, 0.3) is 5.91 Å². The molecule has 5 nitrogen and oxygen atoms in total. The van der Waals surface area contributed by atoms with Crippen LogP contribution in [-0.2, 0) is 0 Å². The van der Waals surface area contributed by atoms with Gasteiger partial charge < -0.3 is 16.4 Å². The fourth-order valence-corrected chi connectivity index (χ4v) is 4.10. The first-order valence-electron chi connectivity index (χ1n) is 7.38. The number of hydrogen-bond donors (Lipinski definition) is 3. The topological polar surface area (TPSA) is 80.0 Å². The van der Waals surface area contributed by atoms with Crippen LogP contribution in [0.3, 0.4) is 0 Å². The van der Waals surface area contributed by atoms with Gasteiger partial charge in [-0.15, -0.1) is 36.2 Å². The number of rotatable bonds is 6. The number of carbonyl (C=O) groups excluding carboxylic acids is 1. The van der Waals surface area contributed by atoms with Crippen molar-refractivity contribution in [3.8, 4) is 0 Å². The van der Waals surface area contributed by atoms with E-state index in [-0.39, 0.29) is 36.8 Å². The lowest BCUT2D eigenvalue weighted by atomic mass is 10.2. The Kier molecular flexibility index (Phi) is 8.61. The predicted octanol–water partition coefficient (Wildman–Crippen LogP) is 4.41. The molecule has 9 heteroatoms. The number of amides is 1. The Bertz CT molecular complexity index is 773. The van der Waals surface area contributed by atoms with Crippen LogP contribution >= 0.6 is 47.5 Å². The number of hydrogen-bond acceptors (Lipinski definition) is 6. The summed E-state index contributed by atoms with van der Waals surface area (Å²) in [5.41, 5.74) is 6.68. The standard InChI is InChI=1S/C16H18N4OS2.2ClH/c1-10(17)7-8-18-14(21)12-9-13-15(22-12)20-16(23-13)19-11-5-3-2-4-6-11;;/h2-6,9-10H,7-8,17H2,1H3,(H,18,21)(H,19,20);2*1H. The highest BCUT2D eigenvalue weighted by Gasteiger charge is 2.14. The van der Waals surface area contributed by atoms with Crippen LogP contribution < -0.4 is 16.4 Å². The third-order valence-electron chi connectivity index (χ3n) is 3.22. The first-order chi connectivity index (χ1) is 11.1. The average molecular weight is 419 g/mol. The molecule has 0 spiro atoms. The lowest BCUT2D eigenvalue weighted by molar-refractivity contribution is 0.0957. The number of anilines is 2. The zero-order chi connectivity index (χ0) is 16.2. The molecule has 1 aromatic carbocycles. The number of nitrogens with zero attached hydrogens (tertiary/aromatic N) is 1. The molecule has 2 aromatic heterocycles. The SMILES string of the molecule is CC(N)CCNC(=O)c1cc2sc(Nc3ccccc3)nc2s1.Cl.Cl. The third-order valence-corrected chi connectivity index (χ3v) is 5.30. The Hall–Kier alpha value is -1.38. The monoisotopic (exact) mass is 418 g/mol. The molecule has 3 aromatic rings. The molecule has 1 atom stereocenters. The Labute approximate surface area is 166 Å². The van der Waals surface area contributed by atoms with Crippen LogP contribution in [0.4, 0.5) is 10.8 Å². The van der Waals surface area contributed by atoms with Crippen LogP contribution in [0.25, 0.3) is 9.53 Å². The van der Waals surface area contributed by atoms with Crippen LogP contribution in [-0.4, -0.2) is 23.5 Å². The summed E-state index contributed by atoms with van der Waals surface area (Å²) >= 11 is 2.96. The largest absolute Gasteiger partial charge is 0.351 e. The molecule has 3 rings (SSSR count). The number of benzene rings is 1. The smallest absolute Gasteiger partial charge is 0.261 e. The minimum atomic E-state index is -0.0570. The highest BCUT2D eigenvalue weighted by molar-refractivity contribution is 7.29. The van der Waals surface area contributed by atoms with E-state index in [0.29, 0.717) is 11.4 Å². The van der Waals surface area contributed by atoms with E-state index in [9.17, 15) is 4.79 Å². The summed E-state index contributed by atoms with van der Waals surface area (Å²) in [6, 6.07) is 11.9. The second-order valence-electron chi connectivity index (χ2n) is 5.31. The summed E-state index contributed by atoms with van der Waals surface area (Å²) in [6.07, 6.45) is 0.773. The first kappa shape index (κ1) is 21.7. The quantitative estimate of drug-likeness (QED) is 0.553. The molecule has 0 saturated heterocycles. The molecule has 0 fully saturated rings. The van der Waals surface area contributed by atoms with Crippen molar-refractivity contribution in [1.82, 2.24) is 10.3 Å². The maximum Gasteiger partial charge on any atom is 0.261 e. The molecular weight excluding hydrogens is 399 g/mol. The predicted molar refractivity (Wildman–Crippen MR) is 112 cm³/mol. The Morgan fingerprint density at radius 1 is 1.24 bits per heavy atom. The summed E-state index contributed by atoms with van der Waals surface area (Å²) in [7, 11) is 0. The van der Waals surface area contributed by atoms with E-state index in [2.05, 4.69) is 15.6 Å². The minimum absolute atomic E-state index is 0. The molecule has 0 aliphatic carbocycles. The van der Waals surface area contributed by atoms with Crippen molar-refractivity contribution in [2.45, 2.75) is 19.4 Å². The van der Waals surface area contributed by atoms with Gasteiger partial charge in [-0.3, -0.25) is 4.79 Å². The normalized spacial score (nSPS) is 11.3. The van der Waals surface area contributed by atoms with Crippen molar-refractivity contribution in [2.75, 3.05) is 11.9 Å². The summed E-state index contributed by atoms with van der Waals surface area (Å²) in [6.45, 7) is 2.52. The highest BCUT2D eigenvalue weighted by atomic mass is 35.5. The van der Waals surface area contributed by atoms with Crippen molar-refractivity contribution in [3.63, 3.8) is 0 Å². The molecule has 2 heterocycles. The van der Waals surface area contributed by atoms with Crippen LogP contribution in [0, 0.1) is 0 Å². The number of nitrogens with one attached hydrogen (secondary N) is 2. The summed E-state index contributed by atoms with van der Waals surface area (Å²) in [4.78, 5) is 18.2. The highest BCUT2D eigenvalue weighted by Crippen LogP contribution is 2.34. The maximum atomic E-state index is 12.1. The van der Waals surface area contributed by atoms with Gasteiger partial charge in [0.2, 0.25) is 0 Å². The van der Waals surface area contributed by atoms with Crippen LogP contribution in [0.1, 0.15) is 23.0 Å². The van der Waals surface area contributed by atoms with Gasteiger partial charge in [-0.05, 0) is 31.5 Å². The van der Waals surface area contributed by atoms with Crippen LogP contribution in [0.2, 0.25) is 0 Å². The molecule has 0 saturated carbocycles. The van der Waals surface area contributed by atoms with Crippen molar-refractivity contribution in [3.05, 3.63) is 41.3 Å². The van der Waals surface area contributed by atoms with Crippen molar-refractivity contribution in [2.24, 2.45) is 5.73 Å². The molecule has 0 aliphatic heterocycles. The molecule has 1 amide bonds. The number of fused-ring (bicyclic) bond motifs is 1. The number of thiazole rings is 1. The molecular formula is C16H20Cl2N4OS2. The van der Waals surface area contributed by atoms with Crippen molar-refractivity contribution < 1.29 is 4.79 Å². The zero-order valence-corrected chi connectivity index (χ0v) is 16.8. The maximum absolute atomic E-state index is 12.1. The molecule has 136 valence electrons. The van der Waals surface area contributed by atoms with E-state index in [4.69, 9.17) is 5.73 Å². The first-order valence-corrected chi connectivity index (χ1v) is 9.01. The Morgan fingerprint density at radius 3 is 2.60 bits per heavy atom. The molecule has 1 unspecified atom stereocenters. The van der Waals surface area contributed by atoms with E-state index in [1.807, 2.05) is 43.3 Å². The number of nitrogens with two attached hydrogens (primary N) is 1. The van der Waals surface area contributed by atoms with Gasteiger partial charge in [0.05, 0.1) is 9.58 Å². The summed E-state index contributed by atoms with van der Waals surface area (Å²) in [5, 5.41) is 7.00. The molecule has 0 aliphatic rings. The van der Waals surface area contributed by atoms with E-state index in [1.54, 1.807) is 11.3 Å². The van der Waals surface area contributed by atoms with E-state index in [0.717, 1.165) is 26.8 Å². The van der Waals surface area contributed by atoms with Crippen LogP contribution in [0.5, 0.6) is 0 Å². The van der Waals surface area contributed by atoms with Gasteiger partial charge in [-0.1, -0.05) is 29.5 Å². The molecule has 0 radical (unpaired) electrons. The summed E-state index contributed by atoms with van der Waals surface area (Å²) < 4.78 is 1.02. The van der Waals surface area contributed by atoms with Gasteiger partial charge in [0.15, 0.2) is 5.13 Å². The molecule has 25 heavy (non-hydrogen) atoms. The number of para-hydroxylation sites is 1. The third kappa shape index (κ3) is 5.83. The van der Waals surface area contributed by atoms with E-state index >= 15 is 0 Å². The summed E-state index contributed by atoms with van der Waals surface area (Å²) in [5.74, 6) is -0.0570. The number of aromatic nitrogens is 1. The van der Waals surface area contributed by atoms with Gasteiger partial charge in [-0.25, -0.2) is 4.98 Å². The van der Waals surface area contributed by atoms with Crippen LogP contribution in [0.15, 0.2) is 36.4 Å². The molecule has 0 bridgehead atoms. The van der Waals surface area contributed by atoms with Gasteiger partial charge in [-0.2, -0.15) is 0 Å². The van der Waals surface area contributed by atoms with Crippen molar-refractivity contribution >= 4 is 73.7 Å². The lowest BCUT2D eigenvalue weighted by Gasteiger charge is -2.05. The van der Waals surface area contributed by atoms with Gasteiger partial charge in [0.1, 0.15) is 4.83 Å². The number of thiophene rings is 1. The van der Waals surface area contributed by atoms with Gasteiger partial charge in [0, 0.05) is 18.3 Å².